The number of nitrogens with one attached hydrogen (secondary N) is 1. The van der Waals surface area contributed by atoms with Gasteiger partial charge < -0.3 is 5.32 Å². The lowest BCUT2D eigenvalue weighted by Crippen LogP contribution is -2.10. The molecular weight excluding hydrogens is 252 g/mol. The maximum atomic E-state index is 9.36. The predicted molar refractivity (Wildman–Crippen MR) is 74.9 cm³/mol. The molecule has 0 aromatic carbocycles. The van der Waals surface area contributed by atoms with Gasteiger partial charge in [-0.05, 0) is 24.5 Å². The van der Waals surface area contributed by atoms with Crippen LogP contribution in [-0.2, 0) is 19.4 Å². The highest BCUT2D eigenvalue weighted by Gasteiger charge is 2.13. The molecule has 0 spiro atoms. The van der Waals surface area contributed by atoms with E-state index in [4.69, 9.17) is 0 Å². The van der Waals surface area contributed by atoms with Gasteiger partial charge in [0.2, 0.25) is 0 Å². The van der Waals surface area contributed by atoms with E-state index in [1.165, 1.54) is 6.33 Å². The van der Waals surface area contributed by atoms with Gasteiger partial charge in [-0.1, -0.05) is 13.8 Å². The van der Waals surface area contributed by atoms with Crippen molar-refractivity contribution in [2.24, 2.45) is 0 Å². The van der Waals surface area contributed by atoms with E-state index < -0.39 is 0 Å². The lowest BCUT2D eigenvalue weighted by atomic mass is 10.0. The Kier molecular flexibility index (Phi) is 4.56. The first-order valence-electron chi connectivity index (χ1n) is 6.57. The van der Waals surface area contributed by atoms with E-state index in [1.54, 1.807) is 6.20 Å². The summed E-state index contributed by atoms with van der Waals surface area (Å²) >= 11 is 0. The van der Waals surface area contributed by atoms with Crippen LogP contribution in [0.1, 0.15) is 36.4 Å². The first kappa shape index (κ1) is 13.9. The number of hydrogen-bond donors (Lipinski definition) is 1. The average molecular weight is 268 g/mol. The fourth-order valence-electron chi connectivity index (χ4n) is 2.01. The zero-order valence-corrected chi connectivity index (χ0v) is 11.6. The molecule has 0 fully saturated rings. The van der Waals surface area contributed by atoms with Crippen LogP contribution in [-0.4, -0.2) is 20.2 Å². The van der Waals surface area contributed by atoms with Crippen molar-refractivity contribution in [3.05, 3.63) is 41.1 Å². The monoisotopic (exact) mass is 268 g/mol. The van der Waals surface area contributed by atoms with E-state index in [2.05, 4.69) is 31.6 Å². The van der Waals surface area contributed by atoms with Gasteiger partial charge in [-0.2, -0.15) is 10.4 Å². The molecule has 0 saturated carbocycles. The van der Waals surface area contributed by atoms with Gasteiger partial charge in [-0.25, -0.2) is 9.97 Å². The highest BCUT2D eigenvalue weighted by Crippen LogP contribution is 2.20. The molecule has 0 aliphatic rings. The van der Waals surface area contributed by atoms with Crippen molar-refractivity contribution < 1.29 is 0 Å². The van der Waals surface area contributed by atoms with E-state index >= 15 is 0 Å². The van der Waals surface area contributed by atoms with Crippen LogP contribution >= 0.6 is 0 Å². The first-order chi connectivity index (χ1) is 9.80. The van der Waals surface area contributed by atoms with Gasteiger partial charge in [0.25, 0.3) is 0 Å². The third-order valence-corrected chi connectivity index (χ3v) is 3.04. The largest absolute Gasteiger partial charge is 0.362 e. The molecule has 6 heteroatoms. The fourth-order valence-corrected chi connectivity index (χ4v) is 2.01. The van der Waals surface area contributed by atoms with Gasteiger partial charge in [-0.15, -0.1) is 5.10 Å². The predicted octanol–water partition coefficient (Wildman–Crippen LogP) is 1.88. The molecule has 0 amide bonds. The van der Waals surface area contributed by atoms with E-state index in [-0.39, 0.29) is 0 Å². The second kappa shape index (κ2) is 6.57. The third kappa shape index (κ3) is 2.88. The Balaban J connectivity index is 2.26. The smallest absolute Gasteiger partial charge is 0.167 e. The Morgan fingerprint density at radius 3 is 2.70 bits per heavy atom. The fraction of sp³-hybridized carbons (Fsp3) is 0.357. The minimum Gasteiger partial charge on any atom is -0.362 e. The van der Waals surface area contributed by atoms with Crippen LogP contribution in [0, 0.1) is 11.3 Å². The highest BCUT2D eigenvalue weighted by atomic mass is 15.2. The number of aromatic nitrogens is 4. The van der Waals surface area contributed by atoms with Crippen molar-refractivity contribution in [2.75, 3.05) is 5.32 Å². The van der Waals surface area contributed by atoms with Crippen molar-refractivity contribution in [1.29, 1.82) is 5.26 Å². The zero-order chi connectivity index (χ0) is 14.4. The molecule has 0 radical (unpaired) electrons. The zero-order valence-electron chi connectivity index (χ0n) is 11.6. The molecule has 0 aliphatic carbocycles. The number of anilines is 1. The molecule has 0 saturated heterocycles. The molecule has 20 heavy (non-hydrogen) atoms. The van der Waals surface area contributed by atoms with Gasteiger partial charge in [0, 0.05) is 6.20 Å². The van der Waals surface area contributed by atoms with Crippen LogP contribution in [0.2, 0.25) is 0 Å². The standard InChI is InChI=1S/C14H16N6/c1-3-11-12(7-15)14(20-19-13(11)4-2)17-8-10-5-6-16-9-18-10/h5-6,9H,3-4,8H2,1-2H3,(H,17,20). The van der Waals surface area contributed by atoms with Crippen molar-refractivity contribution in [3.8, 4) is 6.07 Å². The summed E-state index contributed by atoms with van der Waals surface area (Å²) in [6.07, 6.45) is 4.71. The Morgan fingerprint density at radius 1 is 1.25 bits per heavy atom. The number of aryl methyl sites for hydroxylation is 1. The van der Waals surface area contributed by atoms with Crippen molar-refractivity contribution in [2.45, 2.75) is 33.2 Å². The number of rotatable bonds is 5. The van der Waals surface area contributed by atoms with E-state index in [9.17, 15) is 5.26 Å². The second-order valence-corrected chi connectivity index (χ2v) is 4.22. The van der Waals surface area contributed by atoms with Crippen molar-refractivity contribution in [3.63, 3.8) is 0 Å². The number of hydrogen-bond acceptors (Lipinski definition) is 6. The average Bonchev–Trinajstić information content (AvgIpc) is 2.52. The summed E-state index contributed by atoms with van der Waals surface area (Å²) in [5, 5.41) is 20.8. The minimum absolute atomic E-state index is 0.487. The summed E-state index contributed by atoms with van der Waals surface area (Å²) in [4.78, 5) is 7.99. The van der Waals surface area contributed by atoms with Crippen LogP contribution in [0.4, 0.5) is 5.82 Å². The molecule has 1 N–H and O–H groups in total. The molecule has 2 aromatic rings. The second-order valence-electron chi connectivity index (χ2n) is 4.22. The Morgan fingerprint density at radius 2 is 2.10 bits per heavy atom. The highest BCUT2D eigenvalue weighted by molar-refractivity contribution is 5.56. The Hall–Kier alpha value is -2.55. The van der Waals surface area contributed by atoms with E-state index in [1.807, 2.05) is 19.9 Å². The topological polar surface area (TPSA) is 87.4 Å². The van der Waals surface area contributed by atoms with E-state index in [0.29, 0.717) is 17.9 Å². The quantitative estimate of drug-likeness (QED) is 0.890. The Bertz CT molecular complexity index is 618. The van der Waals surface area contributed by atoms with Gasteiger partial charge in [0.05, 0.1) is 17.9 Å². The Labute approximate surface area is 117 Å². The summed E-state index contributed by atoms with van der Waals surface area (Å²) in [5.74, 6) is 0.514. The van der Waals surface area contributed by atoms with Gasteiger partial charge in [-0.3, -0.25) is 0 Å². The molecule has 2 heterocycles. The minimum atomic E-state index is 0.487. The lowest BCUT2D eigenvalue weighted by Gasteiger charge is -2.11. The maximum absolute atomic E-state index is 9.36. The summed E-state index contributed by atoms with van der Waals surface area (Å²) in [6.45, 7) is 4.52. The van der Waals surface area contributed by atoms with Gasteiger partial charge >= 0.3 is 0 Å². The van der Waals surface area contributed by atoms with Crippen LogP contribution < -0.4 is 5.32 Å². The molecule has 102 valence electrons. The van der Waals surface area contributed by atoms with Gasteiger partial charge in [0.15, 0.2) is 5.82 Å². The molecule has 0 aliphatic heterocycles. The van der Waals surface area contributed by atoms with Crippen molar-refractivity contribution in [1.82, 2.24) is 20.2 Å². The first-order valence-corrected chi connectivity index (χ1v) is 6.57. The summed E-state index contributed by atoms with van der Waals surface area (Å²) in [6, 6.07) is 4.04. The molecule has 2 rings (SSSR count). The van der Waals surface area contributed by atoms with Crippen LogP contribution in [0.5, 0.6) is 0 Å². The maximum Gasteiger partial charge on any atom is 0.167 e. The lowest BCUT2D eigenvalue weighted by molar-refractivity contribution is 0.865. The summed E-state index contributed by atoms with van der Waals surface area (Å²) in [7, 11) is 0. The normalized spacial score (nSPS) is 10.1. The van der Waals surface area contributed by atoms with Crippen LogP contribution in [0.3, 0.4) is 0 Å². The third-order valence-electron chi connectivity index (χ3n) is 3.04. The van der Waals surface area contributed by atoms with Crippen LogP contribution in [0.25, 0.3) is 0 Å². The molecule has 6 nitrogen and oxygen atoms in total. The summed E-state index contributed by atoms with van der Waals surface area (Å²) < 4.78 is 0. The number of nitrogens with zero attached hydrogens (tertiary/aromatic N) is 5. The molecular formula is C14H16N6. The molecule has 0 bridgehead atoms. The molecule has 0 unspecified atom stereocenters. The number of nitriles is 1. The van der Waals surface area contributed by atoms with Crippen molar-refractivity contribution >= 4 is 5.82 Å². The van der Waals surface area contributed by atoms with Gasteiger partial charge in [0.1, 0.15) is 18.0 Å². The molecule has 0 atom stereocenters. The summed E-state index contributed by atoms with van der Waals surface area (Å²) in [5.41, 5.74) is 3.27. The molecule has 2 aromatic heterocycles. The SMILES string of the molecule is CCc1nnc(NCc2ccncn2)c(C#N)c1CC. The van der Waals surface area contributed by atoms with E-state index in [0.717, 1.165) is 29.8 Å². The van der Waals surface area contributed by atoms with Crippen LogP contribution in [0.15, 0.2) is 18.6 Å².